The van der Waals surface area contributed by atoms with Crippen molar-refractivity contribution in [2.75, 3.05) is 19.0 Å². The topological polar surface area (TPSA) is 24.5 Å². The Balaban J connectivity index is 1.95. The van der Waals surface area contributed by atoms with Crippen LogP contribution < -0.4 is 10.1 Å². The lowest BCUT2D eigenvalue weighted by atomic mass is 10.2. The Kier molecular flexibility index (Phi) is 5.78. The van der Waals surface area contributed by atoms with Gasteiger partial charge in [-0.3, -0.25) is 0 Å². The van der Waals surface area contributed by atoms with Crippen LogP contribution >= 0.6 is 12.2 Å². The van der Waals surface area contributed by atoms with Crippen LogP contribution in [0.3, 0.4) is 0 Å². The number of nitrogens with zero attached hydrogens (tertiary/aromatic N) is 1. The molecular weight excluding hydrogens is 292 g/mol. The van der Waals surface area contributed by atoms with E-state index in [-0.39, 0.29) is 0 Å². The third-order valence-corrected chi connectivity index (χ3v) is 3.80. The van der Waals surface area contributed by atoms with E-state index in [0.717, 1.165) is 18.0 Å². The van der Waals surface area contributed by atoms with E-state index in [1.165, 1.54) is 11.1 Å². The molecule has 0 spiro atoms. The molecule has 0 saturated carbocycles. The maximum absolute atomic E-state index is 5.48. The molecule has 0 atom stereocenters. The van der Waals surface area contributed by atoms with Gasteiger partial charge in [-0.05, 0) is 55.4 Å². The number of thiocarbonyl (C=S) groups is 1. The normalized spacial score (nSPS) is 10.1. The maximum atomic E-state index is 5.48. The number of ether oxygens (including phenoxy) is 1. The van der Waals surface area contributed by atoms with Gasteiger partial charge in [0, 0.05) is 19.3 Å². The Morgan fingerprint density at radius 3 is 2.45 bits per heavy atom. The Bertz CT molecular complexity index is 625. The smallest absolute Gasteiger partial charge is 0.173 e. The van der Waals surface area contributed by atoms with Crippen molar-refractivity contribution in [3.63, 3.8) is 0 Å². The zero-order valence-electron chi connectivity index (χ0n) is 13.3. The van der Waals surface area contributed by atoms with Crippen LogP contribution in [-0.4, -0.2) is 23.7 Å². The van der Waals surface area contributed by atoms with E-state index >= 15 is 0 Å². The molecule has 116 valence electrons. The first-order chi connectivity index (χ1) is 10.6. The number of anilines is 1. The van der Waals surface area contributed by atoms with Gasteiger partial charge >= 0.3 is 0 Å². The Morgan fingerprint density at radius 2 is 1.82 bits per heavy atom. The summed E-state index contributed by atoms with van der Waals surface area (Å²) in [4.78, 5) is 2.03. The van der Waals surface area contributed by atoms with Crippen LogP contribution in [0.1, 0.15) is 18.1 Å². The molecule has 0 aliphatic heterocycles. The third kappa shape index (κ3) is 4.46. The number of hydrogen-bond donors (Lipinski definition) is 1. The van der Waals surface area contributed by atoms with Crippen molar-refractivity contribution in [1.82, 2.24) is 4.90 Å². The molecule has 0 saturated heterocycles. The van der Waals surface area contributed by atoms with Gasteiger partial charge < -0.3 is 15.0 Å². The number of para-hydroxylation sites is 1. The van der Waals surface area contributed by atoms with Crippen molar-refractivity contribution < 1.29 is 4.74 Å². The Labute approximate surface area is 137 Å². The standard InChI is InChI=1S/C18H22N2OS/c1-4-21-16-11-9-15(10-12-16)13-20(3)18(22)19-17-8-6-5-7-14(17)2/h5-12H,4,13H2,1-3H3,(H,19,22). The Hall–Kier alpha value is -2.07. The average molecular weight is 314 g/mol. The van der Waals surface area contributed by atoms with Crippen molar-refractivity contribution >= 4 is 23.0 Å². The van der Waals surface area contributed by atoms with Crippen LogP contribution in [0.25, 0.3) is 0 Å². The summed E-state index contributed by atoms with van der Waals surface area (Å²) in [5.41, 5.74) is 3.42. The van der Waals surface area contributed by atoms with Gasteiger partial charge in [-0.25, -0.2) is 0 Å². The summed E-state index contributed by atoms with van der Waals surface area (Å²) in [6.45, 7) is 5.49. The van der Waals surface area contributed by atoms with E-state index in [4.69, 9.17) is 17.0 Å². The molecule has 0 heterocycles. The fourth-order valence-corrected chi connectivity index (χ4v) is 2.30. The maximum Gasteiger partial charge on any atom is 0.173 e. The predicted octanol–water partition coefficient (Wildman–Crippen LogP) is 4.22. The van der Waals surface area contributed by atoms with E-state index in [2.05, 4.69) is 30.4 Å². The van der Waals surface area contributed by atoms with Crippen LogP contribution in [0, 0.1) is 6.92 Å². The summed E-state index contributed by atoms with van der Waals surface area (Å²) in [5, 5.41) is 4.01. The van der Waals surface area contributed by atoms with Crippen LogP contribution in [-0.2, 0) is 6.54 Å². The zero-order valence-corrected chi connectivity index (χ0v) is 14.1. The number of hydrogen-bond acceptors (Lipinski definition) is 2. The first kappa shape index (κ1) is 16.3. The quantitative estimate of drug-likeness (QED) is 0.835. The second kappa shape index (κ2) is 7.80. The van der Waals surface area contributed by atoms with Gasteiger partial charge in [0.15, 0.2) is 5.11 Å². The third-order valence-electron chi connectivity index (χ3n) is 3.39. The van der Waals surface area contributed by atoms with Gasteiger partial charge in [0.2, 0.25) is 0 Å². The van der Waals surface area contributed by atoms with Crippen LogP contribution in [0.15, 0.2) is 48.5 Å². The molecule has 4 heteroatoms. The van der Waals surface area contributed by atoms with Crippen LogP contribution in [0.4, 0.5) is 5.69 Å². The van der Waals surface area contributed by atoms with Crippen molar-refractivity contribution in [2.24, 2.45) is 0 Å². The summed E-state index contributed by atoms with van der Waals surface area (Å²) in [6, 6.07) is 16.2. The highest BCUT2D eigenvalue weighted by Crippen LogP contribution is 2.16. The van der Waals surface area contributed by atoms with Gasteiger partial charge in [-0.15, -0.1) is 0 Å². The lowest BCUT2D eigenvalue weighted by molar-refractivity contribution is 0.340. The summed E-state index contributed by atoms with van der Waals surface area (Å²) >= 11 is 5.48. The van der Waals surface area contributed by atoms with Crippen molar-refractivity contribution in [3.8, 4) is 5.75 Å². The molecule has 0 radical (unpaired) electrons. The molecule has 1 N–H and O–H groups in total. The van der Waals surface area contributed by atoms with E-state index in [0.29, 0.717) is 11.7 Å². The Morgan fingerprint density at radius 1 is 1.14 bits per heavy atom. The minimum atomic E-state index is 0.684. The van der Waals surface area contributed by atoms with Crippen LogP contribution in [0.2, 0.25) is 0 Å². The second-order valence-corrected chi connectivity index (χ2v) is 5.56. The molecule has 2 aromatic carbocycles. The van der Waals surface area contributed by atoms with Crippen molar-refractivity contribution in [3.05, 3.63) is 59.7 Å². The molecule has 0 aliphatic rings. The highest BCUT2D eigenvalue weighted by Gasteiger charge is 2.07. The van der Waals surface area contributed by atoms with E-state index in [1.54, 1.807) is 0 Å². The van der Waals surface area contributed by atoms with E-state index < -0.39 is 0 Å². The summed E-state index contributed by atoms with van der Waals surface area (Å²) < 4.78 is 5.45. The first-order valence-electron chi connectivity index (χ1n) is 7.39. The van der Waals surface area contributed by atoms with Gasteiger partial charge in [-0.1, -0.05) is 30.3 Å². The predicted molar refractivity (Wildman–Crippen MR) is 96.5 cm³/mol. The molecule has 0 fully saturated rings. The highest BCUT2D eigenvalue weighted by molar-refractivity contribution is 7.80. The SMILES string of the molecule is CCOc1ccc(CN(C)C(=S)Nc2ccccc2C)cc1. The minimum Gasteiger partial charge on any atom is -0.494 e. The average Bonchev–Trinajstić information content (AvgIpc) is 2.51. The fourth-order valence-electron chi connectivity index (χ4n) is 2.13. The number of aryl methyl sites for hydroxylation is 1. The summed E-state index contributed by atoms with van der Waals surface area (Å²) in [6.07, 6.45) is 0. The molecule has 3 nitrogen and oxygen atoms in total. The number of rotatable bonds is 5. The summed E-state index contributed by atoms with van der Waals surface area (Å²) in [7, 11) is 1.99. The second-order valence-electron chi connectivity index (χ2n) is 5.18. The van der Waals surface area contributed by atoms with Gasteiger partial charge in [0.1, 0.15) is 5.75 Å². The fraction of sp³-hybridized carbons (Fsp3) is 0.278. The monoisotopic (exact) mass is 314 g/mol. The molecule has 0 aliphatic carbocycles. The molecule has 0 amide bonds. The minimum absolute atomic E-state index is 0.684. The number of nitrogens with one attached hydrogen (secondary N) is 1. The highest BCUT2D eigenvalue weighted by atomic mass is 32.1. The molecule has 0 unspecified atom stereocenters. The molecular formula is C18H22N2OS. The first-order valence-corrected chi connectivity index (χ1v) is 7.80. The number of benzene rings is 2. The lowest BCUT2D eigenvalue weighted by Crippen LogP contribution is -2.30. The largest absolute Gasteiger partial charge is 0.494 e. The molecule has 0 bridgehead atoms. The van der Waals surface area contributed by atoms with Gasteiger partial charge in [-0.2, -0.15) is 0 Å². The lowest BCUT2D eigenvalue weighted by Gasteiger charge is -2.22. The van der Waals surface area contributed by atoms with E-state index in [1.807, 2.05) is 49.2 Å². The van der Waals surface area contributed by atoms with Gasteiger partial charge in [0.25, 0.3) is 0 Å². The molecule has 2 rings (SSSR count). The van der Waals surface area contributed by atoms with Gasteiger partial charge in [0.05, 0.1) is 6.61 Å². The van der Waals surface area contributed by atoms with E-state index in [9.17, 15) is 0 Å². The molecule has 22 heavy (non-hydrogen) atoms. The van der Waals surface area contributed by atoms with Crippen LogP contribution in [0.5, 0.6) is 5.75 Å². The van der Waals surface area contributed by atoms with Crippen molar-refractivity contribution in [1.29, 1.82) is 0 Å². The zero-order chi connectivity index (χ0) is 15.9. The van der Waals surface area contributed by atoms with Crippen molar-refractivity contribution in [2.45, 2.75) is 20.4 Å². The molecule has 2 aromatic rings. The summed E-state index contributed by atoms with van der Waals surface area (Å²) in [5.74, 6) is 0.898. The molecule has 0 aromatic heterocycles.